The Labute approximate surface area is 118 Å². The third-order valence-corrected chi connectivity index (χ3v) is 4.48. The van der Waals surface area contributed by atoms with Crippen LogP contribution in [0, 0.1) is 10.1 Å². The van der Waals surface area contributed by atoms with Gasteiger partial charge in [-0.25, -0.2) is 0 Å². The maximum atomic E-state index is 10.5. The number of hydrogen-bond donors (Lipinski definition) is 0. The SMILES string of the molecule is CC1(CCC[N+](=O)[O-])OCCC2=C1Cc1ccccc12. The molecule has 4 heteroatoms. The molecule has 1 aromatic rings. The molecular formula is C16H19NO3. The van der Waals surface area contributed by atoms with Gasteiger partial charge in [-0.3, -0.25) is 10.1 Å². The van der Waals surface area contributed by atoms with Crippen LogP contribution >= 0.6 is 0 Å². The Morgan fingerprint density at radius 2 is 2.20 bits per heavy atom. The van der Waals surface area contributed by atoms with Crippen LogP contribution in [0.4, 0.5) is 0 Å². The lowest BCUT2D eigenvalue weighted by atomic mass is 9.84. The van der Waals surface area contributed by atoms with E-state index >= 15 is 0 Å². The topological polar surface area (TPSA) is 52.4 Å². The maximum absolute atomic E-state index is 10.5. The number of benzene rings is 1. The van der Waals surface area contributed by atoms with Crippen molar-refractivity contribution in [2.75, 3.05) is 13.2 Å². The summed E-state index contributed by atoms with van der Waals surface area (Å²) in [4.78, 5) is 10.3. The number of fused-ring (bicyclic) bond motifs is 2. The van der Waals surface area contributed by atoms with Gasteiger partial charge in [0.1, 0.15) is 0 Å². The predicted molar refractivity (Wildman–Crippen MR) is 77.1 cm³/mol. The van der Waals surface area contributed by atoms with Gasteiger partial charge in [0.25, 0.3) is 0 Å². The van der Waals surface area contributed by atoms with E-state index in [-0.39, 0.29) is 17.1 Å². The second kappa shape index (κ2) is 5.02. The molecule has 0 fully saturated rings. The standard InChI is InChI=1S/C16H19NO3/c1-16(8-4-9-17(18)19)15-11-12-5-2-3-6-13(12)14(15)7-10-20-16/h2-3,5-6H,4,7-11H2,1H3. The molecule has 0 radical (unpaired) electrons. The molecule has 0 aromatic heterocycles. The molecule has 1 aliphatic carbocycles. The summed E-state index contributed by atoms with van der Waals surface area (Å²) < 4.78 is 6.01. The van der Waals surface area contributed by atoms with Crippen LogP contribution in [0.1, 0.15) is 37.3 Å². The molecular weight excluding hydrogens is 254 g/mol. The second-order valence-corrected chi connectivity index (χ2v) is 5.78. The van der Waals surface area contributed by atoms with Crippen molar-refractivity contribution in [3.05, 3.63) is 51.1 Å². The van der Waals surface area contributed by atoms with Gasteiger partial charge in [-0.1, -0.05) is 24.3 Å². The van der Waals surface area contributed by atoms with E-state index in [0.717, 1.165) is 19.3 Å². The van der Waals surface area contributed by atoms with Gasteiger partial charge >= 0.3 is 0 Å². The van der Waals surface area contributed by atoms with Crippen LogP contribution in [0.5, 0.6) is 0 Å². The van der Waals surface area contributed by atoms with Crippen LogP contribution in [-0.4, -0.2) is 23.7 Å². The largest absolute Gasteiger partial charge is 0.371 e. The molecule has 1 aromatic carbocycles. The van der Waals surface area contributed by atoms with E-state index in [9.17, 15) is 10.1 Å². The highest BCUT2D eigenvalue weighted by molar-refractivity contribution is 5.78. The zero-order valence-corrected chi connectivity index (χ0v) is 11.7. The van der Waals surface area contributed by atoms with E-state index in [0.29, 0.717) is 13.0 Å². The Kier molecular flexibility index (Phi) is 3.34. The maximum Gasteiger partial charge on any atom is 0.204 e. The van der Waals surface area contributed by atoms with Gasteiger partial charge in [-0.15, -0.1) is 0 Å². The normalized spacial score (nSPS) is 24.4. The molecule has 0 saturated carbocycles. The van der Waals surface area contributed by atoms with Gasteiger partial charge in [0.15, 0.2) is 0 Å². The fourth-order valence-corrected chi connectivity index (χ4v) is 3.45. The van der Waals surface area contributed by atoms with Crippen molar-refractivity contribution in [3.63, 3.8) is 0 Å². The molecule has 0 saturated heterocycles. The Hall–Kier alpha value is -1.68. The van der Waals surface area contributed by atoms with Crippen molar-refractivity contribution in [3.8, 4) is 0 Å². The summed E-state index contributed by atoms with van der Waals surface area (Å²) in [5.74, 6) is 0. The summed E-state index contributed by atoms with van der Waals surface area (Å²) in [7, 11) is 0. The molecule has 2 aliphatic rings. The summed E-state index contributed by atoms with van der Waals surface area (Å²) in [6.07, 6.45) is 3.18. The van der Waals surface area contributed by atoms with Crippen molar-refractivity contribution in [2.24, 2.45) is 0 Å². The van der Waals surface area contributed by atoms with E-state index in [2.05, 4.69) is 31.2 Å². The predicted octanol–water partition coefficient (Wildman–Crippen LogP) is 3.23. The molecule has 0 bridgehead atoms. The average molecular weight is 273 g/mol. The van der Waals surface area contributed by atoms with Crippen molar-refractivity contribution in [2.45, 2.75) is 38.2 Å². The third kappa shape index (κ3) is 2.24. The number of nitro groups is 1. The molecule has 1 heterocycles. The summed E-state index contributed by atoms with van der Waals surface area (Å²) in [6, 6.07) is 8.50. The molecule has 0 spiro atoms. The van der Waals surface area contributed by atoms with Crippen LogP contribution in [0.25, 0.3) is 5.57 Å². The molecule has 20 heavy (non-hydrogen) atoms. The molecule has 1 aliphatic heterocycles. The lowest BCUT2D eigenvalue weighted by Crippen LogP contribution is -2.35. The van der Waals surface area contributed by atoms with E-state index in [1.807, 2.05) is 0 Å². The molecule has 106 valence electrons. The average Bonchev–Trinajstić information content (AvgIpc) is 2.79. The number of hydrogen-bond acceptors (Lipinski definition) is 3. The number of rotatable bonds is 4. The Balaban J connectivity index is 1.84. The number of nitrogens with zero attached hydrogens (tertiary/aromatic N) is 1. The van der Waals surface area contributed by atoms with E-state index in [4.69, 9.17) is 4.74 Å². The van der Waals surface area contributed by atoms with Gasteiger partial charge in [0.2, 0.25) is 6.54 Å². The Bertz CT molecular complexity index is 579. The molecule has 1 atom stereocenters. The molecule has 1 unspecified atom stereocenters. The minimum Gasteiger partial charge on any atom is -0.371 e. The van der Waals surface area contributed by atoms with Gasteiger partial charge in [-0.2, -0.15) is 0 Å². The second-order valence-electron chi connectivity index (χ2n) is 5.78. The van der Waals surface area contributed by atoms with Crippen molar-refractivity contribution in [1.82, 2.24) is 0 Å². The first-order chi connectivity index (χ1) is 9.60. The monoisotopic (exact) mass is 273 g/mol. The Morgan fingerprint density at radius 3 is 3.00 bits per heavy atom. The highest BCUT2D eigenvalue weighted by Crippen LogP contribution is 2.45. The van der Waals surface area contributed by atoms with Crippen molar-refractivity contribution < 1.29 is 9.66 Å². The van der Waals surface area contributed by atoms with Gasteiger partial charge < -0.3 is 4.74 Å². The van der Waals surface area contributed by atoms with Crippen LogP contribution < -0.4 is 0 Å². The van der Waals surface area contributed by atoms with Gasteiger partial charge in [-0.05, 0) is 48.5 Å². The molecule has 4 nitrogen and oxygen atoms in total. The summed E-state index contributed by atoms with van der Waals surface area (Å²) >= 11 is 0. The highest BCUT2D eigenvalue weighted by atomic mass is 16.6. The van der Waals surface area contributed by atoms with Gasteiger partial charge in [0.05, 0.1) is 12.2 Å². The van der Waals surface area contributed by atoms with Crippen LogP contribution in [0.2, 0.25) is 0 Å². The first-order valence-electron chi connectivity index (χ1n) is 7.17. The summed E-state index contributed by atoms with van der Waals surface area (Å²) in [6.45, 7) is 2.82. The molecule has 0 N–H and O–H groups in total. The third-order valence-electron chi connectivity index (χ3n) is 4.48. The van der Waals surface area contributed by atoms with Crippen molar-refractivity contribution >= 4 is 5.57 Å². The fourth-order valence-electron chi connectivity index (χ4n) is 3.45. The first kappa shape index (κ1) is 13.3. The highest BCUT2D eigenvalue weighted by Gasteiger charge is 2.39. The first-order valence-corrected chi connectivity index (χ1v) is 7.17. The minimum atomic E-state index is -0.331. The fraction of sp³-hybridized carbons (Fsp3) is 0.500. The lowest BCUT2D eigenvalue weighted by molar-refractivity contribution is -0.481. The molecule has 0 amide bonds. The smallest absolute Gasteiger partial charge is 0.204 e. The van der Waals surface area contributed by atoms with Crippen LogP contribution in [-0.2, 0) is 11.2 Å². The summed E-state index contributed by atoms with van der Waals surface area (Å²) in [5, 5.41) is 10.5. The van der Waals surface area contributed by atoms with Crippen molar-refractivity contribution in [1.29, 1.82) is 0 Å². The Morgan fingerprint density at radius 1 is 1.40 bits per heavy atom. The van der Waals surface area contributed by atoms with Crippen LogP contribution in [0.15, 0.2) is 29.8 Å². The van der Waals surface area contributed by atoms with E-state index in [1.165, 1.54) is 22.3 Å². The zero-order chi connectivity index (χ0) is 14.2. The van der Waals surface area contributed by atoms with E-state index in [1.54, 1.807) is 0 Å². The summed E-state index contributed by atoms with van der Waals surface area (Å²) in [5.41, 5.74) is 5.14. The number of ether oxygens (including phenoxy) is 1. The van der Waals surface area contributed by atoms with Crippen LogP contribution in [0.3, 0.4) is 0 Å². The zero-order valence-electron chi connectivity index (χ0n) is 11.7. The quantitative estimate of drug-likeness (QED) is 0.625. The molecule has 3 rings (SSSR count). The van der Waals surface area contributed by atoms with E-state index < -0.39 is 0 Å². The van der Waals surface area contributed by atoms with Gasteiger partial charge in [0, 0.05) is 11.3 Å². The lowest BCUT2D eigenvalue weighted by Gasteiger charge is -2.36. The minimum absolute atomic E-state index is 0.0223.